The third-order valence-electron chi connectivity index (χ3n) is 3.85. The van der Waals surface area contributed by atoms with Crippen molar-refractivity contribution in [2.24, 2.45) is 0 Å². The van der Waals surface area contributed by atoms with Gasteiger partial charge < -0.3 is 4.90 Å². The molecular weight excluding hydrogens is 367 g/mol. The minimum atomic E-state index is -4.47. The number of alkyl halides is 3. The summed E-state index contributed by atoms with van der Waals surface area (Å²) in [6.45, 7) is 4.24. The van der Waals surface area contributed by atoms with Gasteiger partial charge >= 0.3 is 6.18 Å². The van der Waals surface area contributed by atoms with Crippen LogP contribution in [0.3, 0.4) is 0 Å². The Hall–Kier alpha value is -2.15. The van der Waals surface area contributed by atoms with Crippen molar-refractivity contribution in [3.8, 4) is 0 Å². The number of hydrogen-bond acceptors (Lipinski definition) is 3. The molecule has 0 aliphatic carbocycles. The standard InChI is InChI=1S/C18H19ClF3N3O/c1-12(2)25(17(26)13-5-3-7-23-10-13)8-4-6-16-15(19)9-14(11-24-16)18(20,21)22/h3,5,7,9-12H,4,6,8H2,1-2H3. The molecule has 2 aromatic heterocycles. The van der Waals surface area contributed by atoms with Gasteiger partial charge in [0.05, 0.1) is 21.8 Å². The molecule has 2 rings (SSSR count). The second-order valence-electron chi connectivity index (χ2n) is 6.09. The summed E-state index contributed by atoms with van der Waals surface area (Å²) in [6, 6.07) is 4.24. The molecule has 2 heterocycles. The minimum Gasteiger partial charge on any atom is -0.336 e. The summed E-state index contributed by atoms with van der Waals surface area (Å²) in [6.07, 6.45) is 0.311. The zero-order valence-electron chi connectivity index (χ0n) is 14.4. The maximum atomic E-state index is 12.6. The summed E-state index contributed by atoms with van der Waals surface area (Å²) in [5.41, 5.74) is 0.00546. The van der Waals surface area contributed by atoms with E-state index in [-0.39, 0.29) is 17.0 Å². The molecular formula is C18H19ClF3N3O. The number of rotatable bonds is 6. The van der Waals surface area contributed by atoms with Crippen LogP contribution in [0.5, 0.6) is 0 Å². The molecule has 0 fully saturated rings. The molecule has 26 heavy (non-hydrogen) atoms. The van der Waals surface area contributed by atoms with Gasteiger partial charge in [-0.15, -0.1) is 0 Å². The Kier molecular flexibility index (Phi) is 6.58. The molecule has 0 N–H and O–H groups in total. The zero-order valence-corrected chi connectivity index (χ0v) is 15.2. The fourth-order valence-electron chi connectivity index (χ4n) is 2.47. The molecule has 0 unspecified atom stereocenters. The topological polar surface area (TPSA) is 46.1 Å². The molecule has 0 aromatic carbocycles. The smallest absolute Gasteiger partial charge is 0.336 e. The van der Waals surface area contributed by atoms with Gasteiger partial charge in [-0.2, -0.15) is 13.2 Å². The van der Waals surface area contributed by atoms with E-state index >= 15 is 0 Å². The lowest BCUT2D eigenvalue weighted by Crippen LogP contribution is -2.38. The Bertz CT molecular complexity index is 751. The van der Waals surface area contributed by atoms with Gasteiger partial charge in [0.2, 0.25) is 0 Å². The monoisotopic (exact) mass is 385 g/mol. The van der Waals surface area contributed by atoms with E-state index in [0.29, 0.717) is 30.6 Å². The Labute approximate surface area is 155 Å². The van der Waals surface area contributed by atoms with Crippen molar-refractivity contribution in [1.82, 2.24) is 14.9 Å². The lowest BCUT2D eigenvalue weighted by atomic mass is 10.1. The van der Waals surface area contributed by atoms with Crippen LogP contribution in [0.2, 0.25) is 5.02 Å². The van der Waals surface area contributed by atoms with Gasteiger partial charge in [0, 0.05) is 31.2 Å². The van der Waals surface area contributed by atoms with Crippen molar-refractivity contribution in [2.75, 3.05) is 6.54 Å². The summed E-state index contributed by atoms with van der Waals surface area (Å²) in [7, 11) is 0. The van der Waals surface area contributed by atoms with Gasteiger partial charge in [-0.1, -0.05) is 11.6 Å². The number of carbonyl (C=O) groups excluding carboxylic acids is 1. The maximum absolute atomic E-state index is 12.6. The zero-order chi connectivity index (χ0) is 19.3. The predicted octanol–water partition coefficient (Wildman–Crippen LogP) is 4.63. The van der Waals surface area contributed by atoms with Crippen molar-refractivity contribution in [3.63, 3.8) is 0 Å². The van der Waals surface area contributed by atoms with E-state index in [1.807, 2.05) is 13.8 Å². The predicted molar refractivity (Wildman–Crippen MR) is 93.0 cm³/mol. The fourth-order valence-corrected chi connectivity index (χ4v) is 2.73. The van der Waals surface area contributed by atoms with E-state index in [4.69, 9.17) is 11.6 Å². The van der Waals surface area contributed by atoms with Gasteiger partial charge in [0.25, 0.3) is 5.91 Å². The molecule has 0 aliphatic heterocycles. The fraction of sp³-hybridized carbons (Fsp3) is 0.389. The highest BCUT2D eigenvalue weighted by molar-refractivity contribution is 6.31. The number of carbonyl (C=O) groups is 1. The first-order chi connectivity index (χ1) is 12.2. The quantitative estimate of drug-likeness (QED) is 0.728. The van der Waals surface area contributed by atoms with E-state index in [0.717, 1.165) is 12.3 Å². The number of amides is 1. The van der Waals surface area contributed by atoms with Gasteiger partial charge in [-0.05, 0) is 44.9 Å². The molecule has 0 atom stereocenters. The molecule has 0 aliphatic rings. The van der Waals surface area contributed by atoms with Crippen LogP contribution in [0.4, 0.5) is 13.2 Å². The summed E-state index contributed by atoms with van der Waals surface area (Å²) in [5.74, 6) is -0.139. The van der Waals surface area contributed by atoms with Crippen LogP contribution < -0.4 is 0 Å². The Morgan fingerprint density at radius 1 is 1.31 bits per heavy atom. The summed E-state index contributed by atoms with van der Waals surface area (Å²) in [4.78, 5) is 22.0. The Morgan fingerprint density at radius 2 is 2.04 bits per heavy atom. The van der Waals surface area contributed by atoms with Crippen LogP contribution in [0.25, 0.3) is 0 Å². The largest absolute Gasteiger partial charge is 0.417 e. The molecule has 140 valence electrons. The SMILES string of the molecule is CC(C)N(CCCc1ncc(C(F)(F)F)cc1Cl)C(=O)c1cccnc1. The van der Waals surface area contributed by atoms with Gasteiger partial charge in [-0.25, -0.2) is 0 Å². The number of nitrogens with zero attached hydrogens (tertiary/aromatic N) is 3. The highest BCUT2D eigenvalue weighted by Crippen LogP contribution is 2.31. The Balaban J connectivity index is 2.01. The van der Waals surface area contributed by atoms with Crippen LogP contribution in [0, 0.1) is 0 Å². The summed E-state index contributed by atoms with van der Waals surface area (Å²) >= 11 is 5.92. The van der Waals surface area contributed by atoms with Crippen LogP contribution in [-0.4, -0.2) is 33.4 Å². The van der Waals surface area contributed by atoms with Gasteiger partial charge in [0.1, 0.15) is 0 Å². The second-order valence-corrected chi connectivity index (χ2v) is 6.50. The third kappa shape index (κ3) is 5.17. The highest BCUT2D eigenvalue weighted by Gasteiger charge is 2.31. The maximum Gasteiger partial charge on any atom is 0.417 e. The molecule has 4 nitrogen and oxygen atoms in total. The van der Waals surface area contributed by atoms with E-state index in [9.17, 15) is 18.0 Å². The lowest BCUT2D eigenvalue weighted by Gasteiger charge is -2.26. The average molecular weight is 386 g/mol. The number of aryl methyl sites for hydroxylation is 1. The number of hydrogen-bond donors (Lipinski definition) is 0. The van der Waals surface area contributed by atoms with Crippen molar-refractivity contribution >= 4 is 17.5 Å². The summed E-state index contributed by atoms with van der Waals surface area (Å²) < 4.78 is 37.9. The number of halogens is 4. The molecule has 0 saturated heterocycles. The average Bonchev–Trinajstić information content (AvgIpc) is 2.59. The first-order valence-corrected chi connectivity index (χ1v) is 8.50. The van der Waals surface area contributed by atoms with Crippen molar-refractivity contribution < 1.29 is 18.0 Å². The molecule has 0 saturated carbocycles. The van der Waals surface area contributed by atoms with E-state index in [1.165, 1.54) is 6.20 Å². The van der Waals surface area contributed by atoms with E-state index in [1.54, 1.807) is 23.2 Å². The first kappa shape index (κ1) is 20.2. The lowest BCUT2D eigenvalue weighted by molar-refractivity contribution is -0.137. The highest BCUT2D eigenvalue weighted by atomic mass is 35.5. The normalized spacial score (nSPS) is 11.7. The number of pyridine rings is 2. The molecule has 2 aromatic rings. The molecule has 0 spiro atoms. The van der Waals surface area contributed by atoms with Crippen LogP contribution in [0.1, 0.15) is 41.9 Å². The van der Waals surface area contributed by atoms with Crippen molar-refractivity contribution in [1.29, 1.82) is 0 Å². The van der Waals surface area contributed by atoms with Crippen molar-refractivity contribution in [3.05, 3.63) is 58.6 Å². The molecule has 8 heteroatoms. The van der Waals surface area contributed by atoms with Crippen molar-refractivity contribution in [2.45, 2.75) is 38.9 Å². The Morgan fingerprint density at radius 3 is 2.58 bits per heavy atom. The van der Waals surface area contributed by atoms with Crippen LogP contribution in [0.15, 0.2) is 36.8 Å². The third-order valence-corrected chi connectivity index (χ3v) is 4.18. The van der Waals surface area contributed by atoms with Gasteiger partial charge in [-0.3, -0.25) is 14.8 Å². The molecule has 0 radical (unpaired) electrons. The van der Waals surface area contributed by atoms with Crippen LogP contribution in [-0.2, 0) is 12.6 Å². The first-order valence-electron chi connectivity index (χ1n) is 8.12. The molecule has 1 amide bonds. The molecule has 0 bridgehead atoms. The van der Waals surface area contributed by atoms with E-state index < -0.39 is 11.7 Å². The minimum absolute atomic E-state index is 0.0190. The summed E-state index contributed by atoms with van der Waals surface area (Å²) in [5, 5.41) is -0.0190. The second kappa shape index (κ2) is 8.49. The number of aromatic nitrogens is 2. The van der Waals surface area contributed by atoms with E-state index in [2.05, 4.69) is 9.97 Å². The van der Waals surface area contributed by atoms with Crippen LogP contribution >= 0.6 is 11.6 Å². The van der Waals surface area contributed by atoms with Gasteiger partial charge in [0.15, 0.2) is 0 Å².